The number of aromatic nitrogens is 1. The molecular weight excluding hydrogens is 312 g/mol. The standard InChI is InChI=1S/C21H28N2O2/c24-19-8-4-7-18(13-19)16-9-11-23(12-10-16)15-20-14-21(22-25-20)17-5-2-1-3-6-17/h4,7-8,13-14,16-17,24H,1-3,5-6,9-12,15H2. The molecule has 1 aromatic carbocycles. The third kappa shape index (κ3) is 4.06. The highest BCUT2D eigenvalue weighted by Gasteiger charge is 2.23. The molecule has 1 aromatic heterocycles. The lowest BCUT2D eigenvalue weighted by atomic mass is 9.87. The summed E-state index contributed by atoms with van der Waals surface area (Å²) in [5.74, 6) is 2.55. The third-order valence-corrected chi connectivity index (χ3v) is 5.91. The van der Waals surface area contributed by atoms with Crippen LogP contribution in [0.2, 0.25) is 0 Å². The summed E-state index contributed by atoms with van der Waals surface area (Å²) in [6, 6.07) is 9.92. The fraction of sp³-hybridized carbons (Fsp3) is 0.571. The molecule has 4 nitrogen and oxygen atoms in total. The van der Waals surface area contributed by atoms with Crippen LogP contribution in [0.4, 0.5) is 0 Å². The average molecular weight is 340 g/mol. The summed E-state index contributed by atoms with van der Waals surface area (Å²) in [6.45, 7) is 3.01. The number of hydrogen-bond acceptors (Lipinski definition) is 4. The van der Waals surface area contributed by atoms with Crippen molar-refractivity contribution in [3.63, 3.8) is 0 Å². The molecule has 1 aliphatic heterocycles. The Bertz CT molecular complexity index is 683. The first-order valence-electron chi connectivity index (χ1n) is 9.75. The molecule has 1 saturated carbocycles. The van der Waals surface area contributed by atoms with Gasteiger partial charge in [-0.2, -0.15) is 0 Å². The van der Waals surface area contributed by atoms with Crippen molar-refractivity contribution in [1.29, 1.82) is 0 Å². The van der Waals surface area contributed by atoms with Crippen molar-refractivity contribution in [2.75, 3.05) is 13.1 Å². The van der Waals surface area contributed by atoms with Crippen LogP contribution in [-0.4, -0.2) is 28.3 Å². The molecule has 0 amide bonds. The first-order valence-corrected chi connectivity index (χ1v) is 9.75. The number of phenolic OH excluding ortho intramolecular Hbond substituents is 1. The first-order chi connectivity index (χ1) is 12.3. The molecule has 1 N–H and O–H groups in total. The molecule has 1 saturated heterocycles. The molecule has 0 spiro atoms. The molecule has 4 heteroatoms. The van der Waals surface area contributed by atoms with E-state index >= 15 is 0 Å². The van der Waals surface area contributed by atoms with E-state index in [9.17, 15) is 5.11 Å². The lowest BCUT2D eigenvalue weighted by molar-refractivity contribution is 0.184. The second kappa shape index (κ2) is 7.61. The summed E-state index contributed by atoms with van der Waals surface area (Å²) in [7, 11) is 0. The summed E-state index contributed by atoms with van der Waals surface area (Å²) in [5.41, 5.74) is 2.43. The molecule has 0 unspecified atom stereocenters. The summed E-state index contributed by atoms with van der Waals surface area (Å²) >= 11 is 0. The Kier molecular flexibility index (Phi) is 5.07. The largest absolute Gasteiger partial charge is 0.508 e. The Labute approximate surface area is 149 Å². The molecular formula is C21H28N2O2. The second-order valence-electron chi connectivity index (χ2n) is 7.70. The van der Waals surface area contributed by atoms with Crippen molar-refractivity contribution < 1.29 is 9.63 Å². The van der Waals surface area contributed by atoms with Crippen molar-refractivity contribution in [3.8, 4) is 5.75 Å². The highest BCUT2D eigenvalue weighted by molar-refractivity contribution is 5.30. The van der Waals surface area contributed by atoms with Gasteiger partial charge in [0.15, 0.2) is 5.76 Å². The van der Waals surface area contributed by atoms with Crippen LogP contribution in [0.3, 0.4) is 0 Å². The molecule has 2 fully saturated rings. The molecule has 2 heterocycles. The Balaban J connectivity index is 1.30. The van der Waals surface area contributed by atoms with Crippen molar-refractivity contribution in [3.05, 3.63) is 47.3 Å². The molecule has 2 aromatic rings. The zero-order valence-corrected chi connectivity index (χ0v) is 14.9. The van der Waals surface area contributed by atoms with Crippen LogP contribution in [0.15, 0.2) is 34.9 Å². The van der Waals surface area contributed by atoms with Crippen molar-refractivity contribution in [2.45, 2.75) is 63.3 Å². The number of aromatic hydroxyl groups is 1. The van der Waals surface area contributed by atoms with Crippen molar-refractivity contribution >= 4 is 0 Å². The minimum atomic E-state index is 0.372. The summed E-state index contributed by atoms with van der Waals surface area (Å²) < 4.78 is 5.62. The topological polar surface area (TPSA) is 49.5 Å². The van der Waals surface area contributed by atoms with Crippen molar-refractivity contribution in [1.82, 2.24) is 10.1 Å². The summed E-state index contributed by atoms with van der Waals surface area (Å²) in [5, 5.41) is 14.0. The Hall–Kier alpha value is -1.81. The van der Waals surface area contributed by atoms with Gasteiger partial charge >= 0.3 is 0 Å². The Morgan fingerprint density at radius 2 is 1.80 bits per heavy atom. The van der Waals surface area contributed by atoms with Gasteiger partial charge in [-0.05, 0) is 62.4 Å². The average Bonchev–Trinajstić information content (AvgIpc) is 3.12. The van der Waals surface area contributed by atoms with E-state index in [0.29, 0.717) is 17.6 Å². The number of nitrogens with zero attached hydrogens (tertiary/aromatic N) is 2. The molecule has 134 valence electrons. The van der Waals surface area contributed by atoms with E-state index in [1.165, 1.54) is 43.4 Å². The van der Waals surface area contributed by atoms with Crippen LogP contribution in [-0.2, 0) is 6.54 Å². The molecule has 1 aliphatic carbocycles. The number of piperidine rings is 1. The predicted octanol–water partition coefficient (Wildman–Crippen LogP) is 4.81. The maximum atomic E-state index is 9.67. The smallest absolute Gasteiger partial charge is 0.150 e. The molecule has 2 aliphatic rings. The van der Waals surface area contributed by atoms with E-state index in [0.717, 1.165) is 38.2 Å². The quantitative estimate of drug-likeness (QED) is 0.868. The number of phenols is 1. The normalized spacial score (nSPS) is 20.8. The lowest BCUT2D eigenvalue weighted by Gasteiger charge is -2.31. The van der Waals surface area contributed by atoms with Gasteiger partial charge in [-0.3, -0.25) is 4.90 Å². The van der Waals surface area contributed by atoms with E-state index in [1.54, 1.807) is 6.07 Å². The van der Waals surface area contributed by atoms with Crippen molar-refractivity contribution in [2.24, 2.45) is 0 Å². The molecule has 0 bridgehead atoms. The van der Waals surface area contributed by atoms with Gasteiger partial charge in [0.2, 0.25) is 0 Å². The fourth-order valence-electron chi connectivity index (χ4n) is 4.42. The van der Waals surface area contributed by atoms with Gasteiger partial charge in [-0.1, -0.05) is 36.6 Å². The number of hydrogen-bond donors (Lipinski definition) is 1. The third-order valence-electron chi connectivity index (χ3n) is 5.91. The van der Waals surface area contributed by atoms with Crippen LogP contribution in [0.1, 0.15) is 73.8 Å². The van der Waals surface area contributed by atoms with Gasteiger partial charge in [0.05, 0.1) is 12.2 Å². The number of benzene rings is 1. The minimum absolute atomic E-state index is 0.372. The van der Waals surface area contributed by atoms with Crippen LogP contribution >= 0.6 is 0 Å². The van der Waals surface area contributed by atoms with E-state index in [4.69, 9.17) is 4.52 Å². The second-order valence-corrected chi connectivity index (χ2v) is 7.70. The molecule has 0 atom stereocenters. The number of rotatable bonds is 4. The molecule has 0 radical (unpaired) electrons. The highest BCUT2D eigenvalue weighted by Crippen LogP contribution is 2.33. The highest BCUT2D eigenvalue weighted by atomic mass is 16.5. The molecule has 25 heavy (non-hydrogen) atoms. The van der Waals surface area contributed by atoms with Crippen LogP contribution in [0, 0.1) is 0 Å². The fourth-order valence-corrected chi connectivity index (χ4v) is 4.42. The van der Waals surface area contributed by atoms with Gasteiger partial charge in [0, 0.05) is 12.0 Å². The van der Waals surface area contributed by atoms with E-state index < -0.39 is 0 Å². The monoisotopic (exact) mass is 340 g/mol. The zero-order chi connectivity index (χ0) is 17.1. The van der Waals surface area contributed by atoms with E-state index in [1.807, 2.05) is 12.1 Å². The predicted molar refractivity (Wildman–Crippen MR) is 97.7 cm³/mol. The van der Waals surface area contributed by atoms with Gasteiger partial charge in [-0.15, -0.1) is 0 Å². The maximum Gasteiger partial charge on any atom is 0.150 e. The molecule has 4 rings (SSSR count). The maximum absolute atomic E-state index is 9.67. The van der Waals surface area contributed by atoms with E-state index in [2.05, 4.69) is 22.2 Å². The van der Waals surface area contributed by atoms with Crippen LogP contribution in [0.25, 0.3) is 0 Å². The lowest BCUT2D eigenvalue weighted by Crippen LogP contribution is -2.32. The Morgan fingerprint density at radius 1 is 1.00 bits per heavy atom. The summed E-state index contributed by atoms with van der Waals surface area (Å²) in [4.78, 5) is 2.46. The van der Waals surface area contributed by atoms with Gasteiger partial charge in [0.25, 0.3) is 0 Å². The zero-order valence-electron chi connectivity index (χ0n) is 14.9. The first kappa shape index (κ1) is 16.6. The number of likely N-dealkylation sites (tertiary alicyclic amines) is 1. The van der Waals surface area contributed by atoms with Gasteiger partial charge in [-0.25, -0.2) is 0 Å². The van der Waals surface area contributed by atoms with E-state index in [-0.39, 0.29) is 0 Å². The van der Waals surface area contributed by atoms with Crippen LogP contribution in [0.5, 0.6) is 5.75 Å². The summed E-state index contributed by atoms with van der Waals surface area (Å²) in [6.07, 6.45) is 8.82. The SMILES string of the molecule is Oc1cccc(C2CCN(Cc3cc(C4CCCCC4)no3)CC2)c1. The Morgan fingerprint density at radius 3 is 2.56 bits per heavy atom. The minimum Gasteiger partial charge on any atom is -0.508 e. The van der Waals surface area contributed by atoms with Gasteiger partial charge in [0.1, 0.15) is 5.75 Å². The van der Waals surface area contributed by atoms with Gasteiger partial charge < -0.3 is 9.63 Å². The van der Waals surface area contributed by atoms with Crippen LogP contribution < -0.4 is 0 Å².